The minimum Gasteiger partial charge on any atom is -0.354 e. The van der Waals surface area contributed by atoms with Gasteiger partial charge in [0.25, 0.3) is 0 Å². The van der Waals surface area contributed by atoms with Gasteiger partial charge in [0.1, 0.15) is 0 Å². The average Bonchev–Trinajstić information content (AvgIpc) is 2.40. The molecule has 4 nitrogen and oxygen atoms in total. The van der Waals surface area contributed by atoms with E-state index in [0.717, 1.165) is 16.5 Å². The van der Waals surface area contributed by atoms with Gasteiger partial charge in [-0.2, -0.15) is 0 Å². The lowest BCUT2D eigenvalue weighted by atomic mass is 10.0. The molecule has 0 spiro atoms. The zero-order valence-corrected chi connectivity index (χ0v) is 10.7. The number of fused-ring (bicyclic) bond motifs is 1. The van der Waals surface area contributed by atoms with E-state index < -0.39 is 6.29 Å². The number of nitrogens with two attached hydrogens (primary N) is 1. The summed E-state index contributed by atoms with van der Waals surface area (Å²) in [6.45, 7) is 0. The largest absolute Gasteiger partial charge is 0.354 e. The highest BCUT2D eigenvalue weighted by molar-refractivity contribution is 5.81. The van der Waals surface area contributed by atoms with Crippen LogP contribution in [0.1, 0.15) is 5.56 Å². The third kappa shape index (κ3) is 2.67. The first-order valence-electron chi connectivity index (χ1n) is 5.90. The van der Waals surface area contributed by atoms with Gasteiger partial charge in [-0.15, -0.1) is 0 Å². The van der Waals surface area contributed by atoms with Crippen LogP contribution in [-0.4, -0.2) is 31.5 Å². The van der Waals surface area contributed by atoms with Gasteiger partial charge in [-0.3, -0.25) is 4.98 Å². The summed E-state index contributed by atoms with van der Waals surface area (Å²) in [6.07, 6.45) is 2.10. The Morgan fingerprint density at radius 3 is 2.61 bits per heavy atom. The molecule has 2 aromatic rings. The Hall–Kier alpha value is -1.49. The topological polar surface area (TPSA) is 57.4 Å². The monoisotopic (exact) mass is 246 g/mol. The molecule has 1 heterocycles. The van der Waals surface area contributed by atoms with E-state index in [9.17, 15) is 0 Å². The van der Waals surface area contributed by atoms with Crippen LogP contribution < -0.4 is 5.73 Å². The number of para-hydroxylation sites is 1. The Bertz CT molecular complexity index is 507. The molecular weight excluding hydrogens is 228 g/mol. The van der Waals surface area contributed by atoms with Gasteiger partial charge in [-0.1, -0.05) is 18.2 Å². The van der Waals surface area contributed by atoms with Crippen molar-refractivity contribution in [1.29, 1.82) is 0 Å². The Kier molecular flexibility index (Phi) is 4.25. The molecule has 18 heavy (non-hydrogen) atoms. The first-order chi connectivity index (χ1) is 8.76. The number of nitrogens with zero attached hydrogens (tertiary/aromatic N) is 1. The number of pyridine rings is 1. The summed E-state index contributed by atoms with van der Waals surface area (Å²) >= 11 is 0. The number of aromatic nitrogens is 1. The Balaban J connectivity index is 2.26. The van der Waals surface area contributed by atoms with Crippen LogP contribution in [0.25, 0.3) is 10.9 Å². The summed E-state index contributed by atoms with van der Waals surface area (Å²) in [5.41, 5.74) is 8.23. The van der Waals surface area contributed by atoms with Crippen molar-refractivity contribution in [3.05, 3.63) is 42.1 Å². The Labute approximate surface area is 107 Å². The van der Waals surface area contributed by atoms with E-state index in [1.165, 1.54) is 0 Å². The second-order valence-corrected chi connectivity index (χ2v) is 4.19. The molecule has 4 heteroatoms. The molecular formula is C14H18N2O2. The molecule has 0 amide bonds. The van der Waals surface area contributed by atoms with Crippen LogP contribution >= 0.6 is 0 Å². The molecule has 0 saturated carbocycles. The summed E-state index contributed by atoms with van der Waals surface area (Å²) in [6, 6.07) is 9.82. The second-order valence-electron chi connectivity index (χ2n) is 4.19. The first kappa shape index (κ1) is 13.0. The molecule has 2 rings (SSSR count). The predicted octanol–water partition coefficient (Wildman–Crippen LogP) is 1.72. The van der Waals surface area contributed by atoms with Crippen LogP contribution in [0.3, 0.4) is 0 Å². The van der Waals surface area contributed by atoms with Crippen molar-refractivity contribution >= 4 is 10.9 Å². The van der Waals surface area contributed by atoms with Crippen LogP contribution in [0.2, 0.25) is 0 Å². The molecule has 0 saturated heterocycles. The van der Waals surface area contributed by atoms with E-state index in [0.29, 0.717) is 6.42 Å². The molecule has 0 aliphatic heterocycles. The normalized spacial score (nSPS) is 13.1. The lowest BCUT2D eigenvalue weighted by Crippen LogP contribution is -2.39. The van der Waals surface area contributed by atoms with Crippen molar-refractivity contribution in [3.63, 3.8) is 0 Å². The zero-order valence-electron chi connectivity index (χ0n) is 10.7. The van der Waals surface area contributed by atoms with Gasteiger partial charge in [0, 0.05) is 25.8 Å². The van der Waals surface area contributed by atoms with Crippen LogP contribution in [0.4, 0.5) is 0 Å². The van der Waals surface area contributed by atoms with Crippen LogP contribution in [0.5, 0.6) is 0 Å². The fraction of sp³-hybridized carbons (Fsp3) is 0.357. The fourth-order valence-corrected chi connectivity index (χ4v) is 2.13. The minimum absolute atomic E-state index is 0.203. The molecule has 0 fully saturated rings. The summed E-state index contributed by atoms with van der Waals surface area (Å²) in [5, 5.41) is 1.13. The van der Waals surface area contributed by atoms with Crippen LogP contribution in [0.15, 0.2) is 36.5 Å². The molecule has 96 valence electrons. The third-order valence-electron chi connectivity index (χ3n) is 3.01. The van der Waals surface area contributed by atoms with Gasteiger partial charge < -0.3 is 15.2 Å². The number of hydrogen-bond acceptors (Lipinski definition) is 4. The standard InChI is InChI=1S/C14H18N2O2/c1-17-14(18-2)12(15)9-10-7-8-16-13-6-4-3-5-11(10)13/h3-8,12,14H,9,15H2,1-2H3. The van der Waals surface area contributed by atoms with Gasteiger partial charge in [0.05, 0.1) is 11.6 Å². The maximum atomic E-state index is 6.09. The number of hydrogen-bond donors (Lipinski definition) is 1. The molecule has 1 aromatic carbocycles. The van der Waals surface area contributed by atoms with E-state index >= 15 is 0 Å². The predicted molar refractivity (Wildman–Crippen MR) is 71.2 cm³/mol. The average molecular weight is 246 g/mol. The Morgan fingerprint density at radius 2 is 1.89 bits per heavy atom. The van der Waals surface area contributed by atoms with Crippen molar-refractivity contribution in [2.75, 3.05) is 14.2 Å². The molecule has 2 N–H and O–H groups in total. The fourth-order valence-electron chi connectivity index (χ4n) is 2.13. The third-order valence-corrected chi connectivity index (χ3v) is 3.01. The number of ether oxygens (including phenoxy) is 2. The summed E-state index contributed by atoms with van der Waals surface area (Å²) in [5.74, 6) is 0. The van der Waals surface area contributed by atoms with Crippen molar-refractivity contribution in [2.45, 2.75) is 18.8 Å². The van der Waals surface area contributed by atoms with Gasteiger partial charge >= 0.3 is 0 Å². The van der Waals surface area contributed by atoms with E-state index in [4.69, 9.17) is 15.2 Å². The molecule has 1 aromatic heterocycles. The molecule has 0 aliphatic carbocycles. The number of methoxy groups -OCH3 is 2. The van der Waals surface area contributed by atoms with Gasteiger partial charge in [-0.05, 0) is 24.1 Å². The zero-order chi connectivity index (χ0) is 13.0. The summed E-state index contributed by atoms with van der Waals surface area (Å²) in [4.78, 5) is 4.33. The molecule has 0 aliphatic rings. The first-order valence-corrected chi connectivity index (χ1v) is 5.90. The lowest BCUT2D eigenvalue weighted by Gasteiger charge is -2.21. The van der Waals surface area contributed by atoms with Gasteiger partial charge in [-0.25, -0.2) is 0 Å². The Morgan fingerprint density at radius 1 is 1.17 bits per heavy atom. The van der Waals surface area contributed by atoms with Crippen LogP contribution in [-0.2, 0) is 15.9 Å². The quantitative estimate of drug-likeness (QED) is 0.816. The highest BCUT2D eigenvalue weighted by Crippen LogP contribution is 2.18. The van der Waals surface area contributed by atoms with E-state index in [-0.39, 0.29) is 6.04 Å². The van der Waals surface area contributed by atoms with Crippen molar-refractivity contribution in [2.24, 2.45) is 5.73 Å². The summed E-state index contributed by atoms with van der Waals surface area (Å²) < 4.78 is 10.4. The van der Waals surface area contributed by atoms with E-state index in [1.54, 1.807) is 20.4 Å². The second kappa shape index (κ2) is 5.91. The summed E-state index contributed by atoms with van der Waals surface area (Å²) in [7, 11) is 3.19. The molecule has 1 unspecified atom stereocenters. The van der Waals surface area contributed by atoms with Crippen LogP contribution in [0, 0.1) is 0 Å². The minimum atomic E-state index is -0.392. The maximum Gasteiger partial charge on any atom is 0.172 e. The van der Waals surface area contributed by atoms with Gasteiger partial charge in [0.2, 0.25) is 0 Å². The van der Waals surface area contributed by atoms with Gasteiger partial charge in [0.15, 0.2) is 6.29 Å². The maximum absolute atomic E-state index is 6.09. The van der Waals surface area contributed by atoms with Crippen molar-refractivity contribution < 1.29 is 9.47 Å². The van der Waals surface area contributed by atoms with Crippen molar-refractivity contribution in [3.8, 4) is 0 Å². The van der Waals surface area contributed by atoms with E-state index in [1.807, 2.05) is 24.3 Å². The molecule has 0 bridgehead atoms. The highest BCUT2D eigenvalue weighted by Gasteiger charge is 2.17. The molecule has 0 radical (unpaired) electrons. The lowest BCUT2D eigenvalue weighted by molar-refractivity contribution is -0.115. The van der Waals surface area contributed by atoms with E-state index in [2.05, 4.69) is 11.1 Å². The van der Waals surface area contributed by atoms with Crippen molar-refractivity contribution in [1.82, 2.24) is 4.98 Å². The SMILES string of the molecule is COC(OC)C(N)Cc1ccnc2ccccc12. The molecule has 1 atom stereocenters. The number of rotatable bonds is 5. The highest BCUT2D eigenvalue weighted by atomic mass is 16.7. The smallest absolute Gasteiger partial charge is 0.172 e. The number of benzene rings is 1.